The van der Waals surface area contributed by atoms with Crippen molar-refractivity contribution in [2.75, 3.05) is 19.8 Å². The molecule has 0 N–H and O–H groups in total. The zero-order chi connectivity index (χ0) is 41.1. The number of rotatable bonds is 25. The van der Waals surface area contributed by atoms with Crippen LogP contribution in [0.15, 0.2) is 42.5 Å². The van der Waals surface area contributed by atoms with E-state index in [9.17, 15) is 4.79 Å². The highest BCUT2D eigenvalue weighted by Crippen LogP contribution is 2.50. The van der Waals surface area contributed by atoms with E-state index in [0.717, 1.165) is 58.7 Å². The molecule has 0 bridgehead atoms. The maximum absolute atomic E-state index is 13.2. The van der Waals surface area contributed by atoms with Crippen molar-refractivity contribution in [3.05, 3.63) is 57.1 Å². The zero-order valence-electron chi connectivity index (χ0n) is 36.2. The second-order valence-electron chi connectivity index (χ2n) is 16.5. The Balaban J connectivity index is 1.24. The molecule has 0 atom stereocenters. The minimum atomic E-state index is -0.193. The van der Waals surface area contributed by atoms with Gasteiger partial charge in [0.15, 0.2) is 0 Å². The summed E-state index contributed by atoms with van der Waals surface area (Å²) in [6, 6.07) is 16.2. The molecule has 0 unspecified atom stereocenters. The molecule has 7 rings (SSSR count). The van der Waals surface area contributed by atoms with E-state index in [1.165, 1.54) is 140 Å². The van der Waals surface area contributed by atoms with E-state index in [1.54, 1.807) is 11.3 Å². The van der Waals surface area contributed by atoms with E-state index in [2.05, 4.69) is 77.1 Å². The molecular formula is C51H64O4S4. The number of hydrogen-bond acceptors (Lipinski definition) is 8. The first-order valence-electron chi connectivity index (χ1n) is 22.7. The SMILES string of the molecule is CCCCCCCCOC(=O)c1cc2c(C)sc(-c3cc4cc5c(OCCCCCCCC)c6cc7sc(C)cc7cc6c(OCCCCCCCC)c5cc4s3)c2s1. The van der Waals surface area contributed by atoms with Gasteiger partial charge >= 0.3 is 5.97 Å². The quantitative estimate of drug-likeness (QED) is 0.0326. The van der Waals surface area contributed by atoms with Crippen molar-refractivity contribution in [1.82, 2.24) is 0 Å². The Morgan fingerprint density at radius 3 is 1.56 bits per heavy atom. The van der Waals surface area contributed by atoms with Gasteiger partial charge in [-0.3, -0.25) is 0 Å². The van der Waals surface area contributed by atoms with Crippen LogP contribution in [0.25, 0.3) is 61.6 Å². The van der Waals surface area contributed by atoms with Gasteiger partial charge in [0.05, 0.1) is 29.4 Å². The molecule has 0 radical (unpaired) electrons. The van der Waals surface area contributed by atoms with Crippen LogP contribution in [-0.4, -0.2) is 25.8 Å². The Kier molecular flexibility index (Phi) is 16.0. The fourth-order valence-electron chi connectivity index (χ4n) is 8.34. The van der Waals surface area contributed by atoms with Crippen molar-refractivity contribution < 1.29 is 19.0 Å². The number of thiophene rings is 4. The molecule has 0 saturated carbocycles. The van der Waals surface area contributed by atoms with Gasteiger partial charge in [-0.25, -0.2) is 4.79 Å². The van der Waals surface area contributed by atoms with Gasteiger partial charge in [-0.2, -0.15) is 0 Å². The number of aryl methyl sites for hydroxylation is 2. The molecular weight excluding hydrogens is 805 g/mol. The van der Waals surface area contributed by atoms with Gasteiger partial charge < -0.3 is 14.2 Å². The van der Waals surface area contributed by atoms with Crippen LogP contribution < -0.4 is 9.47 Å². The third-order valence-electron chi connectivity index (χ3n) is 11.6. The molecule has 0 amide bonds. The summed E-state index contributed by atoms with van der Waals surface area (Å²) < 4.78 is 23.3. The van der Waals surface area contributed by atoms with Crippen LogP contribution in [0.3, 0.4) is 0 Å². The minimum absolute atomic E-state index is 0.193. The number of esters is 1. The smallest absolute Gasteiger partial charge is 0.348 e. The van der Waals surface area contributed by atoms with Crippen molar-refractivity contribution in [1.29, 1.82) is 0 Å². The molecule has 0 spiro atoms. The predicted molar refractivity (Wildman–Crippen MR) is 262 cm³/mol. The third kappa shape index (κ3) is 10.7. The second-order valence-corrected chi connectivity index (χ2v) is 21.1. The van der Waals surface area contributed by atoms with Crippen LogP contribution in [0.1, 0.15) is 156 Å². The van der Waals surface area contributed by atoms with Crippen molar-refractivity contribution in [3.8, 4) is 21.3 Å². The molecule has 316 valence electrons. The average molecular weight is 869 g/mol. The van der Waals surface area contributed by atoms with Crippen molar-refractivity contribution in [3.63, 3.8) is 0 Å². The van der Waals surface area contributed by atoms with Crippen LogP contribution in [-0.2, 0) is 4.74 Å². The normalized spacial score (nSPS) is 11.9. The fraction of sp³-hybridized carbons (Fsp3) is 0.510. The van der Waals surface area contributed by atoms with Crippen LogP contribution in [0.2, 0.25) is 0 Å². The molecule has 0 aliphatic heterocycles. The first-order valence-corrected chi connectivity index (χ1v) is 26.0. The van der Waals surface area contributed by atoms with Gasteiger partial charge in [0, 0.05) is 51.0 Å². The Bertz CT molecular complexity index is 2350. The van der Waals surface area contributed by atoms with Gasteiger partial charge in [-0.05, 0) is 86.3 Å². The van der Waals surface area contributed by atoms with E-state index in [4.69, 9.17) is 14.2 Å². The van der Waals surface area contributed by atoms with Gasteiger partial charge in [0.1, 0.15) is 16.4 Å². The fourth-order valence-corrected chi connectivity index (χ4v) is 12.9. The van der Waals surface area contributed by atoms with E-state index < -0.39 is 0 Å². The standard InChI is InChI=1S/C51H64O4S4/c1-6-9-12-15-18-21-24-53-47-39-28-36-27-34(4)56-43(36)32-41(39)48(54-25-22-19-16-13-10-7-2)40-29-37-30-45(58-44(37)33-42(40)47)50-49-38(35(5)57-50)31-46(59-49)51(52)55-26-23-20-17-14-11-8-3/h27-33H,6-26H2,1-5H3. The molecule has 0 aliphatic rings. The van der Waals surface area contributed by atoms with Gasteiger partial charge in [0.25, 0.3) is 0 Å². The molecule has 4 heterocycles. The lowest BCUT2D eigenvalue weighted by Gasteiger charge is -2.19. The zero-order valence-corrected chi connectivity index (χ0v) is 39.4. The summed E-state index contributed by atoms with van der Waals surface area (Å²) in [5.74, 6) is 1.77. The molecule has 4 aromatic heterocycles. The molecule has 0 aliphatic carbocycles. The summed E-state index contributed by atoms with van der Waals surface area (Å²) in [6.45, 7) is 13.1. The number of unbranched alkanes of at least 4 members (excludes halogenated alkanes) is 15. The molecule has 59 heavy (non-hydrogen) atoms. The van der Waals surface area contributed by atoms with Gasteiger partial charge in [-0.1, -0.05) is 117 Å². The summed E-state index contributed by atoms with van der Waals surface area (Å²) in [5.41, 5.74) is 0. The Labute approximate surface area is 368 Å². The molecule has 7 aromatic rings. The molecule has 0 fully saturated rings. The number of carbonyl (C=O) groups is 1. The van der Waals surface area contributed by atoms with E-state index in [1.807, 2.05) is 34.0 Å². The summed E-state index contributed by atoms with van der Waals surface area (Å²) in [6.07, 6.45) is 21.8. The van der Waals surface area contributed by atoms with Crippen LogP contribution >= 0.6 is 45.3 Å². The third-order valence-corrected chi connectivity index (χ3v) is 16.3. The topological polar surface area (TPSA) is 44.8 Å². The van der Waals surface area contributed by atoms with E-state index >= 15 is 0 Å². The summed E-state index contributed by atoms with van der Waals surface area (Å²) in [5, 5.41) is 8.21. The number of ether oxygens (including phenoxy) is 3. The lowest BCUT2D eigenvalue weighted by atomic mass is 9.98. The molecule has 8 heteroatoms. The van der Waals surface area contributed by atoms with Crippen molar-refractivity contribution in [2.24, 2.45) is 0 Å². The summed E-state index contributed by atoms with van der Waals surface area (Å²) >= 11 is 7.11. The maximum atomic E-state index is 13.2. The highest BCUT2D eigenvalue weighted by Gasteiger charge is 2.23. The first-order chi connectivity index (χ1) is 28.9. The largest absolute Gasteiger partial charge is 0.492 e. The van der Waals surface area contributed by atoms with E-state index in [-0.39, 0.29) is 5.97 Å². The van der Waals surface area contributed by atoms with Crippen molar-refractivity contribution >= 4 is 103 Å². The molecule has 4 nitrogen and oxygen atoms in total. The summed E-state index contributed by atoms with van der Waals surface area (Å²) in [4.78, 5) is 18.9. The first kappa shape index (κ1) is 43.9. The Morgan fingerprint density at radius 2 is 0.983 bits per heavy atom. The highest BCUT2D eigenvalue weighted by atomic mass is 32.1. The van der Waals surface area contributed by atoms with E-state index in [0.29, 0.717) is 24.7 Å². The number of benzene rings is 3. The number of fused-ring (bicyclic) bond motifs is 5. The lowest BCUT2D eigenvalue weighted by molar-refractivity contribution is 0.0503. The monoisotopic (exact) mass is 868 g/mol. The van der Waals surface area contributed by atoms with Gasteiger partial charge in [0.2, 0.25) is 0 Å². The minimum Gasteiger partial charge on any atom is -0.492 e. The number of hydrogen-bond donors (Lipinski definition) is 0. The Hall–Kier alpha value is -3.17. The highest BCUT2D eigenvalue weighted by molar-refractivity contribution is 7.31. The molecule has 3 aromatic carbocycles. The van der Waals surface area contributed by atoms with Crippen molar-refractivity contribution in [2.45, 2.75) is 150 Å². The van der Waals surface area contributed by atoms with Crippen LogP contribution in [0.4, 0.5) is 0 Å². The maximum Gasteiger partial charge on any atom is 0.348 e. The number of carbonyl (C=O) groups excluding carboxylic acids is 1. The second kappa shape index (κ2) is 21.6. The van der Waals surface area contributed by atoms with Gasteiger partial charge in [-0.15, -0.1) is 45.3 Å². The lowest BCUT2D eigenvalue weighted by Crippen LogP contribution is -2.04. The predicted octanol–water partition coefficient (Wildman–Crippen LogP) is 18.0. The Morgan fingerprint density at radius 1 is 0.492 bits per heavy atom. The van der Waals surface area contributed by atoms with Crippen LogP contribution in [0.5, 0.6) is 11.5 Å². The average Bonchev–Trinajstić information content (AvgIpc) is 4.01. The summed E-state index contributed by atoms with van der Waals surface area (Å²) in [7, 11) is 0. The molecule has 0 saturated heterocycles. The van der Waals surface area contributed by atoms with Crippen LogP contribution in [0, 0.1) is 13.8 Å².